The van der Waals surface area contributed by atoms with Gasteiger partial charge >= 0.3 is 12.4 Å². The molecule has 0 unspecified atom stereocenters. The fourth-order valence-corrected chi connectivity index (χ4v) is 4.40. The van der Waals surface area contributed by atoms with Crippen LogP contribution < -0.4 is 15.0 Å². The van der Waals surface area contributed by atoms with Gasteiger partial charge in [-0.15, -0.1) is 13.2 Å². The van der Waals surface area contributed by atoms with Crippen LogP contribution in [0.1, 0.15) is 12.0 Å². The summed E-state index contributed by atoms with van der Waals surface area (Å²) in [4.78, 5) is 16.9. The Morgan fingerprint density at radius 2 is 1.92 bits per heavy atom. The first kappa shape index (κ1) is 27.3. The van der Waals surface area contributed by atoms with E-state index in [9.17, 15) is 23.1 Å². The highest BCUT2D eigenvalue weighted by molar-refractivity contribution is 6.32. The van der Waals surface area contributed by atoms with Gasteiger partial charge in [0.15, 0.2) is 0 Å². The molecule has 0 radical (unpaired) electrons. The lowest BCUT2D eigenvalue weighted by molar-refractivity contribution is -0.274. The zero-order chi connectivity index (χ0) is 27.3. The van der Waals surface area contributed by atoms with Gasteiger partial charge in [0.1, 0.15) is 5.75 Å². The summed E-state index contributed by atoms with van der Waals surface area (Å²) < 4.78 is 41.5. The van der Waals surface area contributed by atoms with Crippen molar-refractivity contribution in [3.05, 3.63) is 77.3 Å². The summed E-state index contributed by atoms with van der Waals surface area (Å²) in [5.74, 6) is -0.572. The summed E-state index contributed by atoms with van der Waals surface area (Å²) in [5, 5.41) is 21.4. The number of anilines is 2. The van der Waals surface area contributed by atoms with E-state index in [1.807, 2.05) is 23.1 Å². The molecule has 1 heterocycles. The molecule has 0 spiro atoms. The summed E-state index contributed by atoms with van der Waals surface area (Å²) in [7, 11) is 0. The minimum Gasteiger partial charge on any atom is -0.404 e. The van der Waals surface area contributed by atoms with E-state index < -0.39 is 24.2 Å². The standard InChI is InChI=1S/C27H24ClF3N4O3/c28-24-15-21(6-9-25(24)38-27(29,30)31)33-26(37)35(13-12-34-11-10-23(36)17-34)22-7-4-19(5-8-22)20-3-1-2-18(14-20)16-32/h1-9,14-15,23,36H,10-13,17H2,(H,33,37)/t23-/m1/s1. The first-order valence-electron chi connectivity index (χ1n) is 11.8. The molecule has 0 saturated carbocycles. The van der Waals surface area contributed by atoms with E-state index in [0.29, 0.717) is 43.9 Å². The van der Waals surface area contributed by atoms with E-state index in [-0.39, 0.29) is 10.7 Å². The van der Waals surface area contributed by atoms with Crippen LogP contribution in [0, 0.1) is 11.3 Å². The van der Waals surface area contributed by atoms with E-state index in [0.717, 1.165) is 17.2 Å². The van der Waals surface area contributed by atoms with Crippen LogP contribution in [0.3, 0.4) is 0 Å². The summed E-state index contributed by atoms with van der Waals surface area (Å²) in [5.41, 5.74) is 3.03. The van der Waals surface area contributed by atoms with Crippen molar-refractivity contribution in [1.29, 1.82) is 5.26 Å². The van der Waals surface area contributed by atoms with E-state index in [1.54, 1.807) is 30.3 Å². The van der Waals surface area contributed by atoms with Crippen LogP contribution in [0.5, 0.6) is 5.75 Å². The maximum Gasteiger partial charge on any atom is 0.573 e. The lowest BCUT2D eigenvalue weighted by atomic mass is 10.0. The number of hydrogen-bond donors (Lipinski definition) is 2. The van der Waals surface area contributed by atoms with Gasteiger partial charge in [0, 0.05) is 37.6 Å². The monoisotopic (exact) mass is 544 g/mol. The van der Waals surface area contributed by atoms with Gasteiger partial charge in [0.2, 0.25) is 0 Å². The van der Waals surface area contributed by atoms with Crippen molar-refractivity contribution in [1.82, 2.24) is 4.90 Å². The van der Waals surface area contributed by atoms with Crippen LogP contribution in [0.25, 0.3) is 11.1 Å². The zero-order valence-electron chi connectivity index (χ0n) is 20.1. The fourth-order valence-electron chi connectivity index (χ4n) is 4.18. The minimum atomic E-state index is -4.89. The Labute approximate surface area is 222 Å². The number of aliphatic hydroxyl groups excluding tert-OH is 1. The molecule has 1 atom stereocenters. The molecule has 2 amide bonds. The average molecular weight is 545 g/mol. The lowest BCUT2D eigenvalue weighted by Gasteiger charge is -2.26. The number of nitrogens with one attached hydrogen (secondary N) is 1. The number of hydrogen-bond acceptors (Lipinski definition) is 5. The van der Waals surface area contributed by atoms with E-state index in [1.165, 1.54) is 17.0 Å². The third-order valence-corrected chi connectivity index (χ3v) is 6.34. The number of nitrogens with zero attached hydrogens (tertiary/aromatic N) is 3. The summed E-state index contributed by atoms with van der Waals surface area (Å²) in [6, 6.07) is 19.5. The van der Waals surface area contributed by atoms with Crippen molar-refractivity contribution in [2.24, 2.45) is 0 Å². The first-order valence-corrected chi connectivity index (χ1v) is 12.1. The van der Waals surface area contributed by atoms with Gasteiger partial charge in [0.05, 0.1) is 22.8 Å². The van der Waals surface area contributed by atoms with Gasteiger partial charge < -0.3 is 15.2 Å². The number of amides is 2. The Hall–Kier alpha value is -3.78. The predicted molar refractivity (Wildman–Crippen MR) is 138 cm³/mol. The number of β-amino-alcohol motifs (C(OH)–C–C–N with tert-alkyl or cyclic N) is 1. The zero-order valence-corrected chi connectivity index (χ0v) is 20.8. The van der Waals surface area contributed by atoms with Crippen molar-refractivity contribution < 1.29 is 27.8 Å². The van der Waals surface area contributed by atoms with E-state index >= 15 is 0 Å². The molecule has 2 N–H and O–H groups in total. The highest BCUT2D eigenvalue weighted by Crippen LogP contribution is 2.32. The van der Waals surface area contributed by atoms with Crippen molar-refractivity contribution in [2.45, 2.75) is 18.9 Å². The molecule has 38 heavy (non-hydrogen) atoms. The second-order valence-electron chi connectivity index (χ2n) is 8.76. The molecule has 7 nitrogen and oxygen atoms in total. The molecule has 11 heteroatoms. The van der Waals surface area contributed by atoms with E-state index in [2.05, 4.69) is 16.1 Å². The number of rotatable bonds is 7. The van der Waals surface area contributed by atoms with Crippen molar-refractivity contribution in [3.63, 3.8) is 0 Å². The number of ether oxygens (including phenoxy) is 1. The molecule has 3 aromatic carbocycles. The Morgan fingerprint density at radius 1 is 1.16 bits per heavy atom. The molecule has 0 bridgehead atoms. The molecule has 1 aliphatic heterocycles. The fraction of sp³-hybridized carbons (Fsp3) is 0.259. The van der Waals surface area contributed by atoms with Crippen LogP contribution in [0.4, 0.5) is 29.3 Å². The van der Waals surface area contributed by atoms with Crippen LogP contribution in [-0.2, 0) is 0 Å². The van der Waals surface area contributed by atoms with Crippen molar-refractivity contribution in [2.75, 3.05) is 36.4 Å². The van der Waals surface area contributed by atoms with Crippen molar-refractivity contribution in [3.8, 4) is 22.9 Å². The largest absolute Gasteiger partial charge is 0.573 e. The molecule has 0 aliphatic carbocycles. The molecule has 0 aromatic heterocycles. The quantitative estimate of drug-likeness (QED) is 0.388. The average Bonchev–Trinajstić information content (AvgIpc) is 3.30. The molecular formula is C27H24ClF3N4O3. The molecule has 1 saturated heterocycles. The molecular weight excluding hydrogens is 521 g/mol. The smallest absolute Gasteiger partial charge is 0.404 e. The number of benzene rings is 3. The second kappa shape index (κ2) is 11.7. The van der Waals surface area contributed by atoms with Crippen LogP contribution in [0.2, 0.25) is 5.02 Å². The number of nitriles is 1. The Bertz CT molecular complexity index is 1330. The number of alkyl halides is 3. The highest BCUT2D eigenvalue weighted by atomic mass is 35.5. The third kappa shape index (κ3) is 7.16. The first-order chi connectivity index (χ1) is 18.1. The predicted octanol–water partition coefficient (Wildman–Crippen LogP) is 5.88. The number of halogens is 4. The molecule has 1 fully saturated rings. The highest BCUT2D eigenvalue weighted by Gasteiger charge is 2.32. The maximum atomic E-state index is 13.3. The molecule has 4 rings (SSSR count). The van der Waals surface area contributed by atoms with Crippen LogP contribution in [-0.4, -0.2) is 54.7 Å². The Kier molecular flexibility index (Phi) is 8.42. The van der Waals surface area contributed by atoms with Gasteiger partial charge in [-0.1, -0.05) is 35.9 Å². The van der Waals surface area contributed by atoms with Gasteiger partial charge in [-0.2, -0.15) is 5.26 Å². The molecule has 1 aliphatic rings. The summed E-state index contributed by atoms with van der Waals surface area (Å²) >= 11 is 5.93. The third-order valence-electron chi connectivity index (χ3n) is 6.05. The van der Waals surface area contributed by atoms with Crippen LogP contribution in [0.15, 0.2) is 66.7 Å². The van der Waals surface area contributed by atoms with Gasteiger partial charge in [-0.05, 0) is 60.0 Å². The molecule has 198 valence electrons. The normalized spacial score (nSPS) is 15.6. The summed E-state index contributed by atoms with van der Waals surface area (Å²) in [6.07, 6.45) is -4.63. The SMILES string of the molecule is N#Cc1cccc(-c2ccc(N(CCN3CC[C@@H](O)C3)C(=O)Nc3ccc(OC(F)(F)F)c(Cl)c3)cc2)c1. The lowest BCUT2D eigenvalue weighted by Crippen LogP contribution is -2.40. The minimum absolute atomic E-state index is 0.195. The van der Waals surface area contributed by atoms with Gasteiger partial charge in [-0.3, -0.25) is 9.80 Å². The summed E-state index contributed by atoms with van der Waals surface area (Å²) in [6.45, 7) is 2.03. The number of likely N-dealkylation sites (tertiary alicyclic amines) is 1. The topological polar surface area (TPSA) is 88.8 Å². The number of carbonyl (C=O) groups is 1. The number of urea groups is 1. The number of aliphatic hydroxyl groups is 1. The Balaban J connectivity index is 1.54. The van der Waals surface area contributed by atoms with E-state index in [4.69, 9.17) is 16.9 Å². The number of carbonyl (C=O) groups excluding carboxylic acids is 1. The van der Waals surface area contributed by atoms with Crippen molar-refractivity contribution >= 4 is 29.0 Å². The second-order valence-corrected chi connectivity index (χ2v) is 9.16. The van der Waals surface area contributed by atoms with Crippen LogP contribution >= 0.6 is 11.6 Å². The van der Waals surface area contributed by atoms with Gasteiger partial charge in [-0.25, -0.2) is 4.79 Å². The van der Waals surface area contributed by atoms with Gasteiger partial charge in [0.25, 0.3) is 0 Å². The maximum absolute atomic E-state index is 13.3. The molecule has 3 aromatic rings. The Morgan fingerprint density at radius 3 is 2.55 bits per heavy atom.